The van der Waals surface area contributed by atoms with Crippen molar-refractivity contribution in [3.63, 3.8) is 0 Å². The minimum absolute atomic E-state index is 0.234. The van der Waals surface area contributed by atoms with E-state index in [9.17, 15) is 9.36 Å². The fourth-order valence-electron chi connectivity index (χ4n) is 2.65. The van der Waals surface area contributed by atoms with Crippen molar-refractivity contribution in [1.29, 1.82) is 0 Å². The minimum Gasteiger partial charge on any atom is -0.378 e. The average Bonchev–Trinajstić information content (AvgIpc) is 2.85. The molecule has 0 bridgehead atoms. The van der Waals surface area contributed by atoms with E-state index in [2.05, 4.69) is 16.4 Å². The molecule has 1 amide bonds. The Hall–Kier alpha value is -1.22. The van der Waals surface area contributed by atoms with Crippen molar-refractivity contribution < 1.29 is 33.1 Å². The summed E-state index contributed by atoms with van der Waals surface area (Å²) in [6.07, 6.45) is -0.402. The number of carbonyl (C=O) groups excluding carboxylic acids is 1. The van der Waals surface area contributed by atoms with E-state index in [4.69, 9.17) is 19.3 Å². The molecule has 9 nitrogen and oxygen atoms in total. The number of nitrogens with one attached hydrogen (secondary N) is 1. The number of phosphoric acid groups is 1. The van der Waals surface area contributed by atoms with E-state index in [1.54, 1.807) is 18.0 Å². The fourth-order valence-corrected chi connectivity index (χ4v) is 3.21. The lowest BCUT2D eigenvalue weighted by molar-refractivity contribution is -0.119. The first-order chi connectivity index (χ1) is 10.6. The van der Waals surface area contributed by atoms with Crippen molar-refractivity contribution in [1.82, 2.24) is 10.2 Å². The highest BCUT2D eigenvalue weighted by Crippen LogP contribution is 2.41. The molecule has 1 fully saturated rings. The summed E-state index contributed by atoms with van der Waals surface area (Å²) in [6, 6.07) is 0. The number of phosphoric ester groups is 1. The van der Waals surface area contributed by atoms with Crippen LogP contribution in [0.1, 0.15) is 20.3 Å². The maximum atomic E-state index is 11.6. The number of hydrogen-bond acceptors (Lipinski definition) is 6. The zero-order valence-corrected chi connectivity index (χ0v) is 14.0. The van der Waals surface area contributed by atoms with Crippen LogP contribution in [0.3, 0.4) is 0 Å². The van der Waals surface area contributed by atoms with Gasteiger partial charge in [-0.3, -0.25) is 9.32 Å². The number of ether oxygens (including phenoxy) is 2. The van der Waals surface area contributed by atoms with Crippen molar-refractivity contribution in [2.45, 2.75) is 44.8 Å². The van der Waals surface area contributed by atoms with Gasteiger partial charge < -0.3 is 29.5 Å². The molecular formula is C13H21N2O7P. The monoisotopic (exact) mass is 348 g/mol. The Kier molecular flexibility index (Phi) is 5.30. The second-order valence-corrected chi connectivity index (χ2v) is 6.68. The predicted octanol–water partition coefficient (Wildman–Crippen LogP) is 0.421. The van der Waals surface area contributed by atoms with Gasteiger partial charge in [0.15, 0.2) is 0 Å². The topological polar surface area (TPSA) is 118 Å². The zero-order chi connectivity index (χ0) is 17.4. The number of carbonyl (C=O) groups is 1. The van der Waals surface area contributed by atoms with Crippen LogP contribution in [0.5, 0.6) is 0 Å². The minimum atomic E-state index is -4.63. The van der Waals surface area contributed by atoms with Crippen LogP contribution in [0.4, 0.5) is 0 Å². The van der Waals surface area contributed by atoms with Gasteiger partial charge in [0.2, 0.25) is 0 Å². The standard InChI is InChI=1S/C13H21N2O7P/c1-7-6-15(9(3)14-13(7)16)11-5-10(20-4)12(21-11)8(2)22-23(17,18)19/h6,8,10-12H,3,5H2,1-2,4H3,(H,14,16)(H2,17,18,19)/t8-,10+,11+,12+/m0/s1. The van der Waals surface area contributed by atoms with Gasteiger partial charge in [-0.15, -0.1) is 0 Å². The van der Waals surface area contributed by atoms with E-state index in [0.29, 0.717) is 17.8 Å². The molecule has 0 unspecified atom stereocenters. The normalized spacial score (nSPS) is 30.2. The van der Waals surface area contributed by atoms with Crippen molar-refractivity contribution >= 4 is 13.7 Å². The maximum Gasteiger partial charge on any atom is 0.469 e. The highest BCUT2D eigenvalue weighted by molar-refractivity contribution is 7.46. The van der Waals surface area contributed by atoms with Gasteiger partial charge in [0.05, 0.1) is 12.2 Å². The third kappa shape index (κ3) is 4.20. The Balaban J connectivity index is 2.14. The smallest absolute Gasteiger partial charge is 0.378 e. The SMILES string of the molecule is C=C1NC(=O)C(C)=CN1[C@H]1C[C@@H](OC)[C@@H]([C@H](C)OP(=O)(O)O)O1. The van der Waals surface area contributed by atoms with E-state index >= 15 is 0 Å². The number of methoxy groups -OCH3 is 1. The Bertz CT molecular complexity index is 573. The van der Waals surface area contributed by atoms with E-state index in [1.807, 2.05) is 0 Å². The van der Waals surface area contributed by atoms with Crippen molar-refractivity contribution in [2.75, 3.05) is 7.11 Å². The lowest BCUT2D eigenvalue weighted by Gasteiger charge is -2.33. The van der Waals surface area contributed by atoms with Crippen molar-refractivity contribution in [3.8, 4) is 0 Å². The first kappa shape index (κ1) is 18.1. The molecule has 10 heteroatoms. The van der Waals surface area contributed by atoms with Crippen LogP contribution in [-0.2, 0) is 23.4 Å². The van der Waals surface area contributed by atoms with Crippen LogP contribution in [0.2, 0.25) is 0 Å². The van der Waals surface area contributed by atoms with Crippen molar-refractivity contribution in [3.05, 3.63) is 24.2 Å². The molecule has 0 saturated carbocycles. The highest BCUT2D eigenvalue weighted by atomic mass is 31.2. The lowest BCUT2D eigenvalue weighted by Crippen LogP contribution is -2.43. The summed E-state index contributed by atoms with van der Waals surface area (Å²) < 4.78 is 26.9. The van der Waals surface area contributed by atoms with Crippen LogP contribution in [-0.4, -0.2) is 52.2 Å². The summed E-state index contributed by atoms with van der Waals surface area (Å²) >= 11 is 0. The first-order valence-corrected chi connectivity index (χ1v) is 8.54. The maximum absolute atomic E-state index is 11.6. The van der Waals surface area contributed by atoms with Crippen LogP contribution in [0, 0.1) is 0 Å². The largest absolute Gasteiger partial charge is 0.469 e. The molecule has 130 valence electrons. The Labute approximate surface area is 134 Å². The molecule has 4 atom stereocenters. The van der Waals surface area contributed by atoms with E-state index < -0.39 is 32.4 Å². The van der Waals surface area contributed by atoms with Gasteiger partial charge in [0, 0.05) is 25.3 Å². The Morgan fingerprint density at radius 1 is 1.57 bits per heavy atom. The third-order valence-corrected chi connectivity index (χ3v) is 4.36. The molecule has 23 heavy (non-hydrogen) atoms. The van der Waals surface area contributed by atoms with Gasteiger partial charge in [-0.05, 0) is 13.8 Å². The number of amides is 1. The summed E-state index contributed by atoms with van der Waals surface area (Å²) in [7, 11) is -3.14. The molecule has 0 aromatic rings. The quantitative estimate of drug-likeness (QED) is 0.612. The molecule has 0 aromatic heterocycles. The third-order valence-electron chi connectivity index (χ3n) is 3.75. The van der Waals surface area contributed by atoms with Crippen LogP contribution in [0.15, 0.2) is 24.2 Å². The summed E-state index contributed by atoms with van der Waals surface area (Å²) in [4.78, 5) is 31.1. The second kappa shape index (κ2) is 6.72. The van der Waals surface area contributed by atoms with Gasteiger partial charge in [-0.25, -0.2) is 4.57 Å². The van der Waals surface area contributed by atoms with Crippen molar-refractivity contribution in [2.24, 2.45) is 0 Å². The first-order valence-electron chi connectivity index (χ1n) is 7.01. The lowest BCUT2D eigenvalue weighted by atomic mass is 10.1. The van der Waals surface area contributed by atoms with Gasteiger partial charge >= 0.3 is 7.82 Å². The van der Waals surface area contributed by atoms with Gasteiger partial charge in [-0.2, -0.15) is 0 Å². The molecule has 2 rings (SSSR count). The molecule has 0 aromatic carbocycles. The Morgan fingerprint density at radius 2 is 2.22 bits per heavy atom. The van der Waals surface area contributed by atoms with Gasteiger partial charge in [0.1, 0.15) is 18.2 Å². The summed E-state index contributed by atoms with van der Waals surface area (Å²) in [5.74, 6) is 0.131. The van der Waals surface area contributed by atoms with Crippen LogP contribution < -0.4 is 5.32 Å². The van der Waals surface area contributed by atoms with Gasteiger partial charge in [-0.1, -0.05) is 6.58 Å². The molecule has 2 aliphatic rings. The fraction of sp³-hybridized carbons (Fsp3) is 0.615. The molecular weight excluding hydrogens is 327 g/mol. The van der Waals surface area contributed by atoms with Gasteiger partial charge in [0.25, 0.3) is 5.91 Å². The molecule has 2 aliphatic heterocycles. The van der Waals surface area contributed by atoms with E-state index in [1.165, 1.54) is 14.0 Å². The zero-order valence-electron chi connectivity index (χ0n) is 13.1. The highest BCUT2D eigenvalue weighted by Gasteiger charge is 2.44. The molecule has 2 heterocycles. The predicted molar refractivity (Wildman–Crippen MR) is 79.5 cm³/mol. The average molecular weight is 348 g/mol. The van der Waals surface area contributed by atoms with Crippen LogP contribution >= 0.6 is 7.82 Å². The molecule has 1 saturated heterocycles. The van der Waals surface area contributed by atoms with Crippen LogP contribution in [0.25, 0.3) is 0 Å². The summed E-state index contributed by atoms with van der Waals surface area (Å²) in [5, 5.41) is 2.62. The molecule has 0 spiro atoms. The molecule has 0 aliphatic carbocycles. The molecule has 3 N–H and O–H groups in total. The summed E-state index contributed by atoms with van der Waals surface area (Å²) in [5.41, 5.74) is 0.498. The second-order valence-electron chi connectivity index (χ2n) is 5.49. The number of nitrogens with zero attached hydrogens (tertiary/aromatic N) is 1. The number of rotatable bonds is 5. The van der Waals surface area contributed by atoms with E-state index in [0.717, 1.165) is 0 Å². The number of hydrogen-bond donors (Lipinski definition) is 3. The summed E-state index contributed by atoms with van der Waals surface area (Å²) in [6.45, 7) is 6.95. The van der Waals surface area contributed by atoms with E-state index in [-0.39, 0.29) is 5.91 Å². The molecule has 0 radical (unpaired) electrons. The Morgan fingerprint density at radius 3 is 2.78 bits per heavy atom.